The number of nitrogens with zero attached hydrogens (tertiary/aromatic N) is 5. The molecule has 250 valence electrons. The van der Waals surface area contributed by atoms with Crippen molar-refractivity contribution < 1.29 is 0 Å². The van der Waals surface area contributed by atoms with Gasteiger partial charge < -0.3 is 4.57 Å². The molecule has 2 heterocycles. The van der Waals surface area contributed by atoms with E-state index < -0.39 is 0 Å². The largest absolute Gasteiger partial charge is 0.310 e. The molecule has 0 unspecified atom stereocenters. The Balaban J connectivity index is 1.69. The predicted octanol–water partition coefficient (Wildman–Crippen LogP) is -21.8. The zero-order chi connectivity index (χ0) is 41.0. The first kappa shape index (κ1) is 39.7. The summed E-state index contributed by atoms with van der Waals surface area (Å²) in [5, 5.41) is 12.8. The van der Waals surface area contributed by atoms with Crippen LogP contribution in [-0.4, -0.2) is 153 Å². The zero-order valence-corrected chi connectivity index (χ0v) is 36.5. The van der Waals surface area contributed by atoms with E-state index in [0.717, 1.165) is 60.7 Å². The molecule has 7 aromatic rings. The van der Waals surface area contributed by atoms with Gasteiger partial charge in [-0.25, -0.2) is 15.0 Å². The first-order valence-electron chi connectivity index (χ1n) is 19.8. The Morgan fingerprint density at radius 1 is 0.393 bits per heavy atom. The highest BCUT2D eigenvalue weighted by molar-refractivity contribution is 6.71. The molecule has 0 saturated heterocycles. The van der Waals surface area contributed by atoms with Crippen molar-refractivity contribution in [3.05, 3.63) is 29.8 Å². The Bertz CT molecular complexity index is 2830. The van der Waals surface area contributed by atoms with Crippen LogP contribution in [0.3, 0.4) is 0 Å². The van der Waals surface area contributed by atoms with Gasteiger partial charge in [0, 0.05) is 38.7 Å². The standard InChI is InChI=1S/C34H38B17N5/c35-13-7(5-52)14(36)28(50)30-9(13)10-15(37)20(42)27(49)29(51)31(10)56(30)8-4-2-1-3-6(8)32-53-33(11-16(38)21(43)25(47)22(44)17(11)39)55-34(54-32)12-18(40)23(45)26(48)24(46)19(12)41/h1-4H,35-51H2. The summed E-state index contributed by atoms with van der Waals surface area (Å²) in [5.74, 6) is 2.02. The summed E-state index contributed by atoms with van der Waals surface area (Å²) in [5.41, 5.74) is 27.8. The lowest BCUT2D eigenvalue weighted by molar-refractivity contribution is 1.07. The van der Waals surface area contributed by atoms with E-state index in [0.29, 0.717) is 17.5 Å². The normalized spacial score (nSPS) is 11.3. The van der Waals surface area contributed by atoms with Crippen molar-refractivity contribution >= 4 is 248 Å². The molecule has 56 heavy (non-hydrogen) atoms. The van der Waals surface area contributed by atoms with Gasteiger partial charge in [-0.3, -0.25) is 0 Å². The Kier molecular flexibility index (Phi) is 10.0. The molecule has 2 aromatic heterocycles. The maximum absolute atomic E-state index is 10.4. The van der Waals surface area contributed by atoms with E-state index in [-0.39, 0.29) is 0 Å². The molecule has 0 radical (unpaired) electrons. The van der Waals surface area contributed by atoms with Gasteiger partial charge in [0.15, 0.2) is 17.5 Å². The van der Waals surface area contributed by atoms with E-state index in [1.54, 1.807) is 0 Å². The summed E-state index contributed by atoms with van der Waals surface area (Å²) < 4.78 is 2.45. The number of aromatic nitrogens is 4. The van der Waals surface area contributed by atoms with E-state index in [2.05, 4.69) is 168 Å². The van der Waals surface area contributed by atoms with Crippen LogP contribution in [-0.2, 0) is 0 Å². The monoisotopic (exact) mass is 703 g/mol. The second kappa shape index (κ2) is 14.2. The van der Waals surface area contributed by atoms with Crippen LogP contribution >= 0.6 is 0 Å². The van der Waals surface area contributed by atoms with Gasteiger partial charge in [0.05, 0.1) is 11.8 Å². The van der Waals surface area contributed by atoms with E-state index in [1.807, 2.05) is 0 Å². The summed E-state index contributed by atoms with van der Waals surface area (Å²) in [4.78, 5) is 16.3. The highest BCUT2D eigenvalue weighted by atomic mass is 15.1. The van der Waals surface area contributed by atoms with Crippen molar-refractivity contribution in [1.82, 2.24) is 19.5 Å². The molecular weight excluding hydrogens is 662 g/mol. The second-order valence-corrected chi connectivity index (χ2v) is 16.5. The predicted molar refractivity (Wildman–Crippen MR) is 294 cm³/mol. The van der Waals surface area contributed by atoms with Crippen molar-refractivity contribution in [2.24, 2.45) is 0 Å². The van der Waals surface area contributed by atoms with Crippen LogP contribution in [0.4, 0.5) is 0 Å². The molecule has 0 aliphatic heterocycles. The Morgan fingerprint density at radius 2 is 0.750 bits per heavy atom. The fourth-order valence-corrected chi connectivity index (χ4v) is 9.37. The number of rotatable bonds is 4. The quantitative estimate of drug-likeness (QED) is 0.171. The molecule has 0 fully saturated rings. The van der Waals surface area contributed by atoms with Crippen LogP contribution in [0.25, 0.3) is 61.7 Å². The lowest BCUT2D eigenvalue weighted by Gasteiger charge is -2.23. The zero-order valence-electron chi connectivity index (χ0n) is 36.5. The number of para-hydroxylation sites is 1. The summed E-state index contributed by atoms with van der Waals surface area (Å²) in [6, 6.07) is 11.1. The smallest absolute Gasteiger partial charge is 0.166 e. The minimum absolute atomic E-state index is 0.637. The van der Waals surface area contributed by atoms with Gasteiger partial charge in [-0.05, 0) is 17.5 Å². The van der Waals surface area contributed by atoms with Crippen molar-refractivity contribution in [1.29, 1.82) is 5.26 Å². The van der Waals surface area contributed by atoms with Crippen LogP contribution in [0.15, 0.2) is 24.3 Å². The summed E-state index contributed by atoms with van der Waals surface area (Å²) in [7, 11) is 37.4. The number of fused-ring (bicyclic) bond motifs is 3. The topological polar surface area (TPSA) is 67.4 Å². The maximum atomic E-state index is 10.4. The van der Waals surface area contributed by atoms with Crippen LogP contribution in [0.1, 0.15) is 5.56 Å². The Labute approximate surface area is 346 Å². The third-order valence-corrected chi connectivity index (χ3v) is 14.2. The SMILES string of the molecule is Bc1c(B)c(B)c(-c2nc(-c3ccccc3-n3c4c(B)c(B)c(B)c(B)c4c4c(B)c(C#N)c(B)c(B)c43)nc(-c3c(B)c(B)c(B)c(B)c3B)n2)c(B)c1B. The van der Waals surface area contributed by atoms with Gasteiger partial charge in [-0.2, -0.15) is 5.26 Å². The second-order valence-electron chi connectivity index (χ2n) is 16.5. The van der Waals surface area contributed by atoms with Gasteiger partial charge in [-0.15, -0.1) is 38.2 Å². The maximum Gasteiger partial charge on any atom is 0.166 e. The third-order valence-electron chi connectivity index (χ3n) is 14.2. The number of nitriles is 1. The average Bonchev–Trinajstić information content (AvgIpc) is 3.55. The average molecular weight is 701 g/mol. The number of hydrogen-bond donors (Lipinski definition) is 0. The molecule has 7 rings (SSSR count). The van der Waals surface area contributed by atoms with E-state index >= 15 is 0 Å². The van der Waals surface area contributed by atoms with Gasteiger partial charge in [0.2, 0.25) is 0 Å². The molecule has 0 atom stereocenters. The van der Waals surface area contributed by atoms with Crippen LogP contribution in [0.5, 0.6) is 0 Å². The summed E-state index contributed by atoms with van der Waals surface area (Å²) >= 11 is 0. The van der Waals surface area contributed by atoms with Crippen LogP contribution in [0, 0.1) is 11.3 Å². The lowest BCUT2D eigenvalue weighted by atomic mass is 9.60. The van der Waals surface area contributed by atoms with E-state index in [4.69, 9.17) is 15.0 Å². The molecule has 0 saturated carbocycles. The molecule has 0 aliphatic carbocycles. The van der Waals surface area contributed by atoms with Crippen LogP contribution in [0.2, 0.25) is 0 Å². The minimum Gasteiger partial charge on any atom is -0.310 e. The fraction of sp³-hybridized carbons (Fsp3) is 0. The molecular formula is C34H38B17N5. The Morgan fingerprint density at radius 3 is 1.21 bits per heavy atom. The molecule has 0 bridgehead atoms. The molecule has 5 nitrogen and oxygen atoms in total. The van der Waals surface area contributed by atoms with Crippen molar-refractivity contribution in [2.75, 3.05) is 0 Å². The highest BCUT2D eigenvalue weighted by Crippen LogP contribution is 2.33. The number of hydrogen-bond acceptors (Lipinski definition) is 4. The van der Waals surface area contributed by atoms with Crippen molar-refractivity contribution in [2.45, 2.75) is 0 Å². The highest BCUT2D eigenvalue weighted by Gasteiger charge is 2.27. The van der Waals surface area contributed by atoms with E-state index in [9.17, 15) is 5.26 Å². The fourth-order valence-electron chi connectivity index (χ4n) is 9.37. The molecule has 0 amide bonds. The van der Waals surface area contributed by atoms with Gasteiger partial charge in [0.25, 0.3) is 0 Å². The van der Waals surface area contributed by atoms with Gasteiger partial charge in [-0.1, -0.05) is 66.8 Å². The molecule has 5 aromatic carbocycles. The third kappa shape index (κ3) is 5.58. The first-order chi connectivity index (χ1) is 26.4. The van der Waals surface area contributed by atoms with Crippen molar-refractivity contribution in [3.63, 3.8) is 0 Å². The summed E-state index contributed by atoms with van der Waals surface area (Å²) in [6.07, 6.45) is 0. The summed E-state index contributed by atoms with van der Waals surface area (Å²) in [6.45, 7) is 0. The van der Waals surface area contributed by atoms with Crippen molar-refractivity contribution in [3.8, 4) is 45.9 Å². The molecule has 0 aliphatic rings. The van der Waals surface area contributed by atoms with E-state index in [1.165, 1.54) is 81.9 Å². The van der Waals surface area contributed by atoms with Gasteiger partial charge >= 0.3 is 0 Å². The molecule has 0 spiro atoms. The van der Waals surface area contributed by atoms with Gasteiger partial charge in [0.1, 0.15) is 133 Å². The van der Waals surface area contributed by atoms with Crippen LogP contribution < -0.4 is 92.9 Å². The number of benzene rings is 5. The molecule has 0 N–H and O–H groups in total. The lowest BCUT2D eigenvalue weighted by Crippen LogP contribution is -2.55. The first-order valence-corrected chi connectivity index (χ1v) is 19.8. The Hall–Kier alpha value is -4.50. The molecule has 22 heteroatoms. The minimum atomic E-state index is 0.637.